The second-order valence-corrected chi connectivity index (χ2v) is 6.67. The molecular weight excluding hydrogens is 280 g/mol. The average molecular weight is 300 g/mol. The number of likely N-dealkylation sites (N-methyl/N-ethyl adjacent to an activating group) is 1. The average Bonchev–Trinajstić information content (AvgIpc) is 2.53. The summed E-state index contributed by atoms with van der Waals surface area (Å²) < 4.78 is 4.49. The lowest BCUT2D eigenvalue weighted by Gasteiger charge is -2.17. The van der Waals surface area contributed by atoms with Crippen LogP contribution in [-0.2, 0) is 15.5 Å². The van der Waals surface area contributed by atoms with Gasteiger partial charge in [0.1, 0.15) is 0 Å². The Kier molecular flexibility index (Phi) is 5.42. The topological polar surface area (TPSA) is 32.7 Å². The Labute approximate surface area is 128 Å². The standard InChI is InChI=1S/C17H20N2OS/c1-14(19(2)3)17(20)18-21(15-10-6-4-7-11-15)16-12-8-5-9-13-16/h4-14H,1-3H3/t14-/m0/s1. The lowest BCUT2D eigenvalue weighted by atomic mass is 10.3. The Bertz CT molecular complexity index is 582. The Balaban J connectivity index is 2.45. The molecule has 0 unspecified atom stereocenters. The first-order valence-corrected chi connectivity index (χ1v) is 8.04. The number of nitrogens with zero attached hydrogens (tertiary/aromatic N) is 2. The molecule has 0 aromatic heterocycles. The van der Waals surface area contributed by atoms with E-state index in [4.69, 9.17) is 0 Å². The minimum absolute atomic E-state index is 0.0870. The van der Waals surface area contributed by atoms with Gasteiger partial charge in [0.15, 0.2) is 0 Å². The van der Waals surface area contributed by atoms with E-state index in [-0.39, 0.29) is 11.9 Å². The fourth-order valence-corrected chi connectivity index (χ4v) is 3.37. The van der Waals surface area contributed by atoms with Crippen LogP contribution in [0.4, 0.5) is 0 Å². The van der Waals surface area contributed by atoms with Crippen molar-refractivity contribution in [3.8, 4) is 0 Å². The highest BCUT2D eigenvalue weighted by Gasteiger charge is 2.16. The van der Waals surface area contributed by atoms with E-state index in [9.17, 15) is 4.79 Å². The molecule has 0 radical (unpaired) electrons. The maximum absolute atomic E-state index is 12.3. The van der Waals surface area contributed by atoms with Gasteiger partial charge in [-0.05, 0) is 56.0 Å². The molecule has 0 saturated heterocycles. The third-order valence-corrected chi connectivity index (χ3v) is 5.05. The molecule has 0 aliphatic heterocycles. The monoisotopic (exact) mass is 300 g/mol. The zero-order chi connectivity index (χ0) is 15.2. The third-order valence-electron chi connectivity index (χ3n) is 3.25. The van der Waals surface area contributed by atoms with Crippen LogP contribution in [0.3, 0.4) is 0 Å². The van der Waals surface area contributed by atoms with E-state index < -0.39 is 10.7 Å². The zero-order valence-electron chi connectivity index (χ0n) is 12.6. The van der Waals surface area contributed by atoms with Gasteiger partial charge in [-0.25, -0.2) is 0 Å². The smallest absolute Gasteiger partial charge is 0.269 e. The highest BCUT2D eigenvalue weighted by atomic mass is 32.2. The van der Waals surface area contributed by atoms with Gasteiger partial charge in [-0.1, -0.05) is 36.4 Å². The Morgan fingerprint density at radius 1 is 0.952 bits per heavy atom. The van der Waals surface area contributed by atoms with Crippen molar-refractivity contribution in [2.75, 3.05) is 14.1 Å². The van der Waals surface area contributed by atoms with Crippen LogP contribution in [0.25, 0.3) is 0 Å². The molecule has 1 amide bonds. The van der Waals surface area contributed by atoms with Crippen LogP contribution in [-0.4, -0.2) is 30.9 Å². The normalized spacial score (nSPS) is 12.4. The second kappa shape index (κ2) is 7.29. The molecule has 0 bridgehead atoms. The van der Waals surface area contributed by atoms with Gasteiger partial charge in [0, 0.05) is 9.79 Å². The second-order valence-electron chi connectivity index (χ2n) is 4.98. The lowest BCUT2D eigenvalue weighted by Crippen LogP contribution is -2.31. The fourth-order valence-electron chi connectivity index (χ4n) is 1.73. The van der Waals surface area contributed by atoms with Gasteiger partial charge in [-0.15, -0.1) is 0 Å². The van der Waals surface area contributed by atoms with Gasteiger partial charge in [0.05, 0.1) is 6.04 Å². The van der Waals surface area contributed by atoms with Crippen LogP contribution < -0.4 is 0 Å². The molecule has 110 valence electrons. The number of amides is 1. The summed E-state index contributed by atoms with van der Waals surface area (Å²) in [5, 5.41) is 0. The summed E-state index contributed by atoms with van der Waals surface area (Å²) in [6, 6.07) is 19.7. The Hall–Kier alpha value is -1.78. The van der Waals surface area contributed by atoms with Crippen molar-refractivity contribution in [2.45, 2.75) is 22.8 Å². The molecule has 0 saturated carbocycles. The van der Waals surface area contributed by atoms with Gasteiger partial charge in [-0.3, -0.25) is 9.69 Å². The number of benzene rings is 2. The molecule has 0 fully saturated rings. The van der Waals surface area contributed by atoms with Crippen molar-refractivity contribution < 1.29 is 4.79 Å². The molecule has 0 spiro atoms. The van der Waals surface area contributed by atoms with E-state index in [1.54, 1.807) is 0 Å². The minimum atomic E-state index is -0.570. The molecule has 2 aromatic rings. The van der Waals surface area contributed by atoms with Crippen LogP contribution in [0.1, 0.15) is 6.92 Å². The van der Waals surface area contributed by atoms with E-state index in [2.05, 4.69) is 4.36 Å². The fraction of sp³-hybridized carbons (Fsp3) is 0.235. The maximum Gasteiger partial charge on any atom is 0.269 e. The van der Waals surface area contributed by atoms with Crippen LogP contribution in [0.2, 0.25) is 0 Å². The van der Waals surface area contributed by atoms with E-state index >= 15 is 0 Å². The molecule has 4 heteroatoms. The van der Waals surface area contributed by atoms with Crippen molar-refractivity contribution in [2.24, 2.45) is 4.36 Å². The molecule has 21 heavy (non-hydrogen) atoms. The van der Waals surface area contributed by atoms with Crippen LogP contribution in [0, 0.1) is 0 Å². The predicted octanol–water partition coefficient (Wildman–Crippen LogP) is 3.38. The number of carbonyl (C=O) groups excluding carboxylic acids is 1. The minimum Gasteiger partial charge on any atom is -0.298 e. The van der Waals surface area contributed by atoms with Crippen molar-refractivity contribution in [1.29, 1.82) is 0 Å². The molecule has 0 heterocycles. The molecule has 2 rings (SSSR count). The largest absolute Gasteiger partial charge is 0.298 e. The summed E-state index contributed by atoms with van der Waals surface area (Å²) in [6.45, 7) is 1.88. The molecule has 1 atom stereocenters. The van der Waals surface area contributed by atoms with E-state index in [1.165, 1.54) is 0 Å². The van der Waals surface area contributed by atoms with Crippen molar-refractivity contribution in [1.82, 2.24) is 4.90 Å². The van der Waals surface area contributed by atoms with Gasteiger partial charge in [-0.2, -0.15) is 4.36 Å². The number of hydrogen-bond donors (Lipinski definition) is 0. The zero-order valence-corrected chi connectivity index (χ0v) is 13.4. The summed E-state index contributed by atoms with van der Waals surface area (Å²) >= 11 is 0. The first kappa shape index (κ1) is 15.6. The Morgan fingerprint density at radius 2 is 1.38 bits per heavy atom. The molecule has 3 nitrogen and oxygen atoms in total. The summed E-state index contributed by atoms with van der Waals surface area (Å²) in [6.07, 6.45) is 0. The Morgan fingerprint density at radius 3 is 1.76 bits per heavy atom. The van der Waals surface area contributed by atoms with Crippen LogP contribution in [0.15, 0.2) is 74.8 Å². The van der Waals surface area contributed by atoms with Gasteiger partial charge < -0.3 is 0 Å². The number of rotatable bonds is 4. The third kappa shape index (κ3) is 4.09. The predicted molar refractivity (Wildman–Crippen MR) is 87.4 cm³/mol. The summed E-state index contributed by atoms with van der Waals surface area (Å²) in [4.78, 5) is 16.3. The lowest BCUT2D eigenvalue weighted by molar-refractivity contribution is -0.121. The first-order valence-electron chi connectivity index (χ1n) is 6.86. The summed E-state index contributed by atoms with van der Waals surface area (Å²) in [5.41, 5.74) is 0. The molecule has 0 N–H and O–H groups in total. The molecular formula is C17H20N2OS. The molecule has 0 aliphatic carbocycles. The summed E-state index contributed by atoms with van der Waals surface area (Å²) in [5.74, 6) is -0.0870. The van der Waals surface area contributed by atoms with Crippen LogP contribution in [0.5, 0.6) is 0 Å². The molecule has 2 aromatic carbocycles. The highest BCUT2D eigenvalue weighted by Crippen LogP contribution is 2.19. The quantitative estimate of drug-likeness (QED) is 0.867. The van der Waals surface area contributed by atoms with E-state index in [1.807, 2.05) is 86.6 Å². The SMILES string of the molecule is C[C@@H](C(=O)N=S(c1ccccc1)c1ccccc1)N(C)C. The van der Waals surface area contributed by atoms with Crippen molar-refractivity contribution >= 4 is 16.6 Å². The van der Waals surface area contributed by atoms with Crippen LogP contribution >= 0.6 is 0 Å². The van der Waals surface area contributed by atoms with Crippen molar-refractivity contribution in [3.05, 3.63) is 60.7 Å². The van der Waals surface area contributed by atoms with Gasteiger partial charge in [0.25, 0.3) is 5.91 Å². The highest BCUT2D eigenvalue weighted by molar-refractivity contribution is 7.87. The van der Waals surface area contributed by atoms with E-state index in [0.29, 0.717) is 0 Å². The maximum atomic E-state index is 12.3. The van der Waals surface area contributed by atoms with Crippen molar-refractivity contribution in [3.63, 3.8) is 0 Å². The number of carbonyl (C=O) groups is 1. The number of hydrogen-bond acceptors (Lipinski definition) is 2. The van der Waals surface area contributed by atoms with E-state index in [0.717, 1.165) is 9.79 Å². The molecule has 0 aliphatic rings. The first-order chi connectivity index (χ1) is 10.1. The van der Waals surface area contributed by atoms with Gasteiger partial charge >= 0.3 is 0 Å². The summed E-state index contributed by atoms with van der Waals surface area (Å²) in [7, 11) is 3.21. The van der Waals surface area contributed by atoms with Gasteiger partial charge in [0.2, 0.25) is 0 Å².